The molecule has 2 aliphatic rings. The van der Waals surface area contributed by atoms with Crippen LogP contribution in [0.5, 0.6) is 5.75 Å². The van der Waals surface area contributed by atoms with E-state index in [0.29, 0.717) is 37.8 Å². The maximum atomic E-state index is 12.9. The van der Waals surface area contributed by atoms with Gasteiger partial charge in [0.05, 0.1) is 5.92 Å². The highest BCUT2D eigenvalue weighted by Gasteiger charge is 2.28. The Hall–Kier alpha value is -2.90. The number of likely N-dealkylation sites (tertiary alicyclic amines) is 1. The quantitative estimate of drug-likeness (QED) is 0.577. The minimum Gasteiger partial charge on any atom is -0.492 e. The molecule has 2 fully saturated rings. The van der Waals surface area contributed by atoms with Crippen LogP contribution in [-0.2, 0) is 16.1 Å². The Morgan fingerprint density at radius 2 is 1.89 bits per heavy atom. The summed E-state index contributed by atoms with van der Waals surface area (Å²) in [4.78, 5) is 30.0. The topological polar surface area (TPSA) is 71.1 Å². The smallest absolute Gasteiger partial charge is 0.253 e. The number of rotatable bonds is 9. The maximum Gasteiger partial charge on any atom is 0.253 e. The largest absolute Gasteiger partial charge is 0.492 e. The molecule has 0 saturated carbocycles. The van der Waals surface area contributed by atoms with Crippen LogP contribution in [0.15, 0.2) is 48.5 Å². The average Bonchev–Trinajstić information content (AvgIpc) is 2.92. The van der Waals surface area contributed by atoms with Crippen molar-refractivity contribution in [1.82, 2.24) is 15.1 Å². The van der Waals surface area contributed by atoms with Crippen molar-refractivity contribution >= 4 is 11.8 Å². The molecule has 7 nitrogen and oxygen atoms in total. The molecule has 36 heavy (non-hydrogen) atoms. The van der Waals surface area contributed by atoms with Gasteiger partial charge in [0.15, 0.2) is 0 Å². The predicted molar refractivity (Wildman–Crippen MR) is 140 cm³/mol. The summed E-state index contributed by atoms with van der Waals surface area (Å²) in [5.41, 5.74) is 2.80. The van der Waals surface area contributed by atoms with Gasteiger partial charge in [0, 0.05) is 51.0 Å². The zero-order valence-electron chi connectivity index (χ0n) is 21.6. The van der Waals surface area contributed by atoms with Crippen molar-refractivity contribution < 1.29 is 19.1 Å². The van der Waals surface area contributed by atoms with Gasteiger partial charge in [0.1, 0.15) is 12.4 Å². The summed E-state index contributed by atoms with van der Waals surface area (Å²) in [5, 5.41) is 3.07. The zero-order valence-corrected chi connectivity index (χ0v) is 21.6. The summed E-state index contributed by atoms with van der Waals surface area (Å²) in [6, 6.07) is 16.1. The van der Waals surface area contributed by atoms with Crippen LogP contribution in [0.1, 0.15) is 47.2 Å². The molecule has 7 heteroatoms. The highest BCUT2D eigenvalue weighted by atomic mass is 16.5. The van der Waals surface area contributed by atoms with Crippen LogP contribution in [0, 0.1) is 12.8 Å². The number of carbonyl (C=O) groups is 2. The molecule has 1 atom stereocenters. The van der Waals surface area contributed by atoms with E-state index in [4.69, 9.17) is 9.47 Å². The molecule has 2 heterocycles. The first-order chi connectivity index (χ1) is 17.5. The molecule has 2 aromatic carbocycles. The number of nitrogens with one attached hydrogen (secondary N) is 1. The van der Waals surface area contributed by atoms with Crippen molar-refractivity contribution in [2.75, 3.05) is 46.5 Å². The summed E-state index contributed by atoms with van der Waals surface area (Å²) in [6.07, 6.45) is 3.78. The molecule has 0 radical (unpaired) electrons. The molecule has 0 aromatic heterocycles. The molecule has 0 aliphatic carbocycles. The maximum absolute atomic E-state index is 12.9. The molecular weight excluding hydrogens is 454 g/mol. The molecule has 2 aromatic rings. The summed E-state index contributed by atoms with van der Waals surface area (Å²) in [5.74, 6) is 0.628. The van der Waals surface area contributed by atoms with Gasteiger partial charge in [-0.3, -0.25) is 14.5 Å². The molecule has 2 amide bonds. The lowest BCUT2D eigenvalue weighted by Gasteiger charge is -2.32. The van der Waals surface area contributed by atoms with Gasteiger partial charge in [0.2, 0.25) is 5.91 Å². The lowest BCUT2D eigenvalue weighted by Crippen LogP contribution is -2.45. The van der Waals surface area contributed by atoms with Gasteiger partial charge in [-0.2, -0.15) is 0 Å². The van der Waals surface area contributed by atoms with Gasteiger partial charge in [-0.1, -0.05) is 29.8 Å². The van der Waals surface area contributed by atoms with Crippen LogP contribution in [0.2, 0.25) is 0 Å². The second kappa shape index (κ2) is 12.9. The van der Waals surface area contributed by atoms with E-state index >= 15 is 0 Å². The summed E-state index contributed by atoms with van der Waals surface area (Å²) in [6.45, 7) is 6.77. The van der Waals surface area contributed by atoms with E-state index in [0.717, 1.165) is 62.3 Å². The van der Waals surface area contributed by atoms with E-state index < -0.39 is 0 Å². The number of likely N-dealkylation sites (N-methyl/N-ethyl adjacent to an activating group) is 1. The molecule has 0 bridgehead atoms. The lowest BCUT2D eigenvalue weighted by molar-refractivity contribution is -0.126. The third-order valence-corrected chi connectivity index (χ3v) is 7.27. The molecule has 2 aliphatic heterocycles. The van der Waals surface area contributed by atoms with Crippen LogP contribution < -0.4 is 10.1 Å². The number of amides is 2. The van der Waals surface area contributed by atoms with Crippen LogP contribution in [0.25, 0.3) is 0 Å². The van der Waals surface area contributed by atoms with Crippen molar-refractivity contribution in [1.29, 1.82) is 0 Å². The van der Waals surface area contributed by atoms with Gasteiger partial charge >= 0.3 is 0 Å². The van der Waals surface area contributed by atoms with E-state index in [1.165, 1.54) is 0 Å². The SMILES string of the molecule is Cc1ccc(C(=O)N2CCCC(C(=O)NCc3cccc(OCCN(C)C4CCOCC4)c3)C2)cc1. The predicted octanol–water partition coefficient (Wildman–Crippen LogP) is 3.65. The summed E-state index contributed by atoms with van der Waals surface area (Å²) >= 11 is 0. The molecule has 2 saturated heterocycles. The number of hydrogen-bond acceptors (Lipinski definition) is 5. The number of nitrogens with zero attached hydrogens (tertiary/aromatic N) is 2. The van der Waals surface area contributed by atoms with E-state index in [2.05, 4.69) is 17.3 Å². The first kappa shape index (κ1) is 26.2. The minimum absolute atomic E-state index is 0.000171. The minimum atomic E-state index is -0.187. The third-order valence-electron chi connectivity index (χ3n) is 7.27. The molecule has 0 spiro atoms. The molecule has 4 rings (SSSR count). The Kier molecular flexibility index (Phi) is 9.36. The van der Waals surface area contributed by atoms with E-state index in [-0.39, 0.29) is 17.7 Å². The van der Waals surface area contributed by atoms with Crippen molar-refractivity contribution in [2.24, 2.45) is 5.92 Å². The van der Waals surface area contributed by atoms with Crippen molar-refractivity contribution in [3.05, 3.63) is 65.2 Å². The first-order valence-corrected chi connectivity index (χ1v) is 13.1. The van der Waals surface area contributed by atoms with Gasteiger partial charge < -0.3 is 19.7 Å². The Morgan fingerprint density at radius 3 is 2.67 bits per heavy atom. The van der Waals surface area contributed by atoms with E-state index in [9.17, 15) is 9.59 Å². The molecule has 1 N–H and O–H groups in total. The Balaban J connectivity index is 1.22. The number of carbonyl (C=O) groups excluding carboxylic acids is 2. The van der Waals surface area contributed by atoms with E-state index in [1.54, 1.807) is 0 Å². The highest BCUT2D eigenvalue weighted by Crippen LogP contribution is 2.20. The first-order valence-electron chi connectivity index (χ1n) is 13.1. The fraction of sp³-hybridized carbons (Fsp3) is 0.517. The number of hydrogen-bond donors (Lipinski definition) is 1. The van der Waals surface area contributed by atoms with Crippen LogP contribution >= 0.6 is 0 Å². The van der Waals surface area contributed by atoms with Crippen LogP contribution in [-0.4, -0.2) is 74.2 Å². The Labute approximate surface area is 214 Å². The number of piperidine rings is 1. The molecular formula is C29H39N3O4. The molecule has 194 valence electrons. The van der Waals surface area contributed by atoms with Gasteiger partial charge in [0.25, 0.3) is 5.91 Å². The monoisotopic (exact) mass is 493 g/mol. The van der Waals surface area contributed by atoms with Gasteiger partial charge in [-0.25, -0.2) is 0 Å². The van der Waals surface area contributed by atoms with Gasteiger partial charge in [-0.15, -0.1) is 0 Å². The van der Waals surface area contributed by atoms with Crippen LogP contribution in [0.3, 0.4) is 0 Å². The molecule has 1 unspecified atom stereocenters. The average molecular weight is 494 g/mol. The van der Waals surface area contributed by atoms with Crippen molar-refractivity contribution in [3.63, 3.8) is 0 Å². The zero-order chi connectivity index (χ0) is 25.3. The lowest BCUT2D eigenvalue weighted by atomic mass is 9.96. The second-order valence-corrected chi connectivity index (χ2v) is 9.99. The van der Waals surface area contributed by atoms with Gasteiger partial charge in [-0.05, 0) is 69.5 Å². The summed E-state index contributed by atoms with van der Waals surface area (Å²) < 4.78 is 11.4. The third kappa shape index (κ3) is 7.31. The number of ether oxygens (including phenoxy) is 2. The fourth-order valence-corrected chi connectivity index (χ4v) is 4.95. The fourth-order valence-electron chi connectivity index (χ4n) is 4.95. The Bertz CT molecular complexity index is 1000. The van der Waals surface area contributed by atoms with Crippen molar-refractivity contribution in [3.8, 4) is 5.75 Å². The highest BCUT2D eigenvalue weighted by molar-refractivity contribution is 5.94. The number of benzene rings is 2. The van der Waals surface area contributed by atoms with Crippen LogP contribution in [0.4, 0.5) is 0 Å². The normalized spacial score (nSPS) is 18.8. The second-order valence-electron chi connectivity index (χ2n) is 9.99. The Morgan fingerprint density at radius 1 is 1.11 bits per heavy atom. The van der Waals surface area contributed by atoms with Crippen molar-refractivity contribution in [2.45, 2.75) is 45.2 Å². The standard InChI is InChI=1S/C29H39N3O4/c1-22-8-10-24(11-9-22)29(34)32-14-4-6-25(21-32)28(33)30-20-23-5-3-7-27(19-23)36-18-15-31(2)26-12-16-35-17-13-26/h3,5,7-11,19,25-26H,4,6,12-18,20-21H2,1-2H3,(H,30,33). The summed E-state index contributed by atoms with van der Waals surface area (Å²) in [7, 11) is 2.14. The van der Waals surface area contributed by atoms with E-state index in [1.807, 2.05) is 60.4 Å². The number of aryl methyl sites for hydroxylation is 1.